The van der Waals surface area contributed by atoms with Gasteiger partial charge in [-0.2, -0.15) is 0 Å². The lowest BCUT2D eigenvalue weighted by atomic mass is 10.2. The molecule has 66 valence electrons. The largest absolute Gasteiger partial charge is 0.397 e. The molecule has 0 spiro atoms. The Morgan fingerprint density at radius 2 is 2.08 bits per heavy atom. The zero-order chi connectivity index (χ0) is 9.42. The minimum absolute atomic E-state index is 0.304. The number of nitrogens with zero attached hydrogens (tertiary/aromatic N) is 1. The molecule has 0 atom stereocenters. The first-order valence-corrected chi connectivity index (χ1v) is 4.75. The molecule has 0 aliphatic heterocycles. The van der Waals surface area contributed by atoms with Gasteiger partial charge < -0.3 is 5.73 Å². The van der Waals surface area contributed by atoms with Crippen molar-refractivity contribution in [3.05, 3.63) is 33.8 Å². The molecule has 0 aliphatic rings. The van der Waals surface area contributed by atoms with E-state index in [-0.39, 0.29) is 5.82 Å². The normalized spacial score (nSPS) is 10.6. The summed E-state index contributed by atoms with van der Waals surface area (Å²) >= 11 is 2.06. The summed E-state index contributed by atoms with van der Waals surface area (Å²) in [5.74, 6) is -0.304. The average Bonchev–Trinajstić information content (AvgIpc) is 2.02. The molecule has 13 heavy (non-hydrogen) atoms. The summed E-state index contributed by atoms with van der Waals surface area (Å²) in [7, 11) is 0. The fourth-order valence-corrected chi connectivity index (χ4v) is 1.80. The first-order valence-electron chi connectivity index (χ1n) is 3.67. The number of hydrogen-bond donors (Lipinski definition) is 1. The van der Waals surface area contributed by atoms with Crippen LogP contribution in [0.25, 0.3) is 10.9 Å². The van der Waals surface area contributed by atoms with Crippen LogP contribution in [0.3, 0.4) is 0 Å². The van der Waals surface area contributed by atoms with Crippen molar-refractivity contribution in [2.24, 2.45) is 0 Å². The third-order valence-corrected chi connectivity index (χ3v) is 2.35. The van der Waals surface area contributed by atoms with Gasteiger partial charge in [-0.3, -0.25) is 4.98 Å². The lowest BCUT2D eigenvalue weighted by Gasteiger charge is -2.00. The van der Waals surface area contributed by atoms with Gasteiger partial charge in [-0.05, 0) is 40.8 Å². The molecule has 2 nitrogen and oxygen atoms in total. The van der Waals surface area contributed by atoms with E-state index >= 15 is 0 Å². The number of rotatable bonds is 0. The Morgan fingerprint density at radius 1 is 1.31 bits per heavy atom. The Kier molecular flexibility index (Phi) is 2.07. The van der Waals surface area contributed by atoms with Gasteiger partial charge in [0.25, 0.3) is 0 Å². The second-order valence-electron chi connectivity index (χ2n) is 2.73. The zero-order valence-corrected chi connectivity index (χ0v) is 8.75. The van der Waals surface area contributed by atoms with E-state index in [0.717, 1.165) is 8.96 Å². The highest BCUT2D eigenvalue weighted by Crippen LogP contribution is 2.20. The van der Waals surface area contributed by atoms with E-state index in [1.807, 2.05) is 6.07 Å². The SMILES string of the molecule is Nc1cnc2c(F)cc(I)cc2c1. The van der Waals surface area contributed by atoms with E-state index < -0.39 is 0 Å². The second kappa shape index (κ2) is 3.10. The van der Waals surface area contributed by atoms with Crippen LogP contribution in [0.2, 0.25) is 0 Å². The Labute approximate surface area is 88.1 Å². The number of nitrogen functional groups attached to an aromatic ring is 1. The van der Waals surface area contributed by atoms with E-state index in [1.54, 1.807) is 6.07 Å². The van der Waals surface area contributed by atoms with Crippen molar-refractivity contribution >= 4 is 39.2 Å². The van der Waals surface area contributed by atoms with Crippen LogP contribution in [0, 0.1) is 9.39 Å². The van der Waals surface area contributed by atoms with Gasteiger partial charge in [-0.25, -0.2) is 4.39 Å². The fourth-order valence-electron chi connectivity index (χ4n) is 1.19. The highest BCUT2D eigenvalue weighted by atomic mass is 127. The lowest BCUT2D eigenvalue weighted by molar-refractivity contribution is 0.636. The molecule has 0 saturated carbocycles. The molecule has 0 radical (unpaired) electrons. The van der Waals surface area contributed by atoms with Gasteiger partial charge >= 0.3 is 0 Å². The predicted molar refractivity (Wildman–Crippen MR) is 58.8 cm³/mol. The smallest absolute Gasteiger partial charge is 0.150 e. The van der Waals surface area contributed by atoms with Gasteiger partial charge in [0.1, 0.15) is 11.3 Å². The third kappa shape index (κ3) is 1.58. The van der Waals surface area contributed by atoms with Gasteiger partial charge in [0, 0.05) is 8.96 Å². The summed E-state index contributed by atoms with van der Waals surface area (Å²) in [6.07, 6.45) is 1.46. The number of aromatic nitrogens is 1. The van der Waals surface area contributed by atoms with Gasteiger partial charge in [0.05, 0.1) is 11.9 Å². The zero-order valence-electron chi connectivity index (χ0n) is 6.59. The molecule has 0 amide bonds. The van der Waals surface area contributed by atoms with E-state index in [9.17, 15) is 4.39 Å². The average molecular weight is 288 g/mol. The maximum atomic E-state index is 13.3. The molecule has 1 heterocycles. The van der Waals surface area contributed by atoms with Crippen molar-refractivity contribution in [1.82, 2.24) is 4.98 Å². The maximum Gasteiger partial charge on any atom is 0.150 e. The number of pyridine rings is 1. The van der Waals surface area contributed by atoms with Crippen LogP contribution >= 0.6 is 22.6 Å². The quantitative estimate of drug-likeness (QED) is 0.757. The highest BCUT2D eigenvalue weighted by Gasteiger charge is 2.03. The number of nitrogens with two attached hydrogens (primary N) is 1. The summed E-state index contributed by atoms with van der Waals surface area (Å²) < 4.78 is 14.1. The first kappa shape index (κ1) is 8.68. The number of fused-ring (bicyclic) bond motifs is 1. The van der Waals surface area contributed by atoms with Gasteiger partial charge in [0.2, 0.25) is 0 Å². The Hall–Kier alpha value is -0.910. The van der Waals surface area contributed by atoms with E-state index in [2.05, 4.69) is 27.6 Å². The summed E-state index contributed by atoms with van der Waals surface area (Å²) in [6, 6.07) is 5.02. The van der Waals surface area contributed by atoms with Crippen molar-refractivity contribution in [3.63, 3.8) is 0 Å². The maximum absolute atomic E-state index is 13.3. The monoisotopic (exact) mass is 288 g/mol. The molecule has 1 aromatic heterocycles. The standard InChI is InChI=1S/C9H6FIN2/c10-8-3-6(11)1-5-2-7(12)4-13-9(5)8/h1-4H,12H2. The molecule has 0 fully saturated rings. The third-order valence-electron chi connectivity index (χ3n) is 1.72. The molecular weight excluding hydrogens is 282 g/mol. The van der Waals surface area contributed by atoms with Crippen molar-refractivity contribution in [2.45, 2.75) is 0 Å². The number of benzene rings is 1. The van der Waals surface area contributed by atoms with E-state index in [1.165, 1.54) is 12.3 Å². The summed E-state index contributed by atoms with van der Waals surface area (Å²) in [5.41, 5.74) is 6.46. The molecular formula is C9H6FIN2. The molecule has 0 aliphatic carbocycles. The number of anilines is 1. The number of hydrogen-bond acceptors (Lipinski definition) is 2. The summed E-state index contributed by atoms with van der Waals surface area (Å²) in [5, 5.41) is 0.740. The van der Waals surface area contributed by atoms with Crippen LogP contribution in [0.1, 0.15) is 0 Å². The van der Waals surface area contributed by atoms with Gasteiger partial charge in [-0.15, -0.1) is 0 Å². The van der Waals surface area contributed by atoms with Crippen LogP contribution in [-0.4, -0.2) is 4.98 Å². The van der Waals surface area contributed by atoms with Crippen molar-refractivity contribution in [1.29, 1.82) is 0 Å². The van der Waals surface area contributed by atoms with Crippen LogP contribution < -0.4 is 5.73 Å². The van der Waals surface area contributed by atoms with Gasteiger partial charge in [-0.1, -0.05) is 0 Å². The van der Waals surface area contributed by atoms with Crippen LogP contribution in [-0.2, 0) is 0 Å². The molecule has 0 saturated heterocycles. The molecule has 2 rings (SSSR count). The topological polar surface area (TPSA) is 38.9 Å². The molecule has 0 bridgehead atoms. The fraction of sp³-hybridized carbons (Fsp3) is 0. The van der Waals surface area contributed by atoms with E-state index in [4.69, 9.17) is 5.73 Å². The van der Waals surface area contributed by atoms with Crippen LogP contribution in [0.15, 0.2) is 24.4 Å². The molecule has 2 N–H and O–H groups in total. The van der Waals surface area contributed by atoms with E-state index in [0.29, 0.717) is 11.2 Å². The summed E-state index contributed by atoms with van der Waals surface area (Å²) in [6.45, 7) is 0. The Morgan fingerprint density at radius 3 is 2.85 bits per heavy atom. The van der Waals surface area contributed by atoms with Crippen molar-refractivity contribution in [2.75, 3.05) is 5.73 Å². The number of halogens is 2. The highest BCUT2D eigenvalue weighted by molar-refractivity contribution is 14.1. The van der Waals surface area contributed by atoms with Crippen molar-refractivity contribution in [3.8, 4) is 0 Å². The lowest BCUT2D eigenvalue weighted by Crippen LogP contribution is -1.90. The van der Waals surface area contributed by atoms with Crippen LogP contribution in [0.5, 0.6) is 0 Å². The molecule has 2 aromatic rings. The molecule has 4 heteroatoms. The minimum atomic E-state index is -0.304. The van der Waals surface area contributed by atoms with Gasteiger partial charge in [0.15, 0.2) is 0 Å². The Bertz CT molecular complexity index is 465. The molecule has 1 aromatic carbocycles. The Balaban J connectivity index is 2.86. The summed E-state index contributed by atoms with van der Waals surface area (Å²) in [4.78, 5) is 3.92. The van der Waals surface area contributed by atoms with Crippen molar-refractivity contribution < 1.29 is 4.39 Å². The molecule has 0 unspecified atom stereocenters. The predicted octanol–water partition coefficient (Wildman–Crippen LogP) is 2.56. The first-order chi connectivity index (χ1) is 6.16. The second-order valence-corrected chi connectivity index (χ2v) is 3.97. The minimum Gasteiger partial charge on any atom is -0.397 e. The van der Waals surface area contributed by atoms with Crippen LogP contribution in [0.4, 0.5) is 10.1 Å².